The van der Waals surface area contributed by atoms with Crippen molar-refractivity contribution in [2.75, 3.05) is 24.8 Å². The van der Waals surface area contributed by atoms with E-state index in [0.29, 0.717) is 33.9 Å². The van der Waals surface area contributed by atoms with E-state index in [1.54, 1.807) is 26.3 Å². The number of halogens is 1. The number of fused-ring (bicyclic) bond motifs is 1. The van der Waals surface area contributed by atoms with Crippen LogP contribution in [0.15, 0.2) is 24.5 Å². The first-order valence-corrected chi connectivity index (χ1v) is 9.34. The number of carbonyl (C=O) groups is 1. The summed E-state index contributed by atoms with van der Waals surface area (Å²) in [6.07, 6.45) is 4.73. The van der Waals surface area contributed by atoms with Crippen molar-refractivity contribution in [3.63, 3.8) is 0 Å². The molecule has 11 heteroatoms. The third-order valence-corrected chi connectivity index (χ3v) is 4.94. The van der Waals surface area contributed by atoms with Gasteiger partial charge >= 0.3 is 0 Å². The highest BCUT2D eigenvalue weighted by Crippen LogP contribution is 2.33. The third-order valence-electron chi connectivity index (χ3n) is 4.74. The second-order valence-corrected chi connectivity index (χ2v) is 7.07. The van der Waals surface area contributed by atoms with Gasteiger partial charge in [0.25, 0.3) is 5.91 Å². The Morgan fingerprint density at radius 1 is 1.31 bits per heavy atom. The van der Waals surface area contributed by atoms with Gasteiger partial charge in [-0.3, -0.25) is 4.79 Å². The molecule has 1 saturated carbocycles. The fraction of sp³-hybridized carbons (Fsp3) is 0.333. The van der Waals surface area contributed by atoms with Crippen LogP contribution in [0.25, 0.3) is 5.65 Å². The molecule has 10 nitrogen and oxygen atoms in total. The predicted molar refractivity (Wildman–Crippen MR) is 108 cm³/mol. The number of rotatable bonds is 7. The van der Waals surface area contributed by atoms with Crippen molar-refractivity contribution < 1.29 is 14.3 Å². The summed E-state index contributed by atoms with van der Waals surface area (Å²) in [5.74, 6) is 0.856. The van der Waals surface area contributed by atoms with E-state index in [4.69, 9.17) is 26.8 Å². The molecule has 4 N–H and O–H groups in total. The van der Waals surface area contributed by atoms with Gasteiger partial charge in [-0.05, 0) is 6.07 Å². The number of hydrogen-bond acceptors (Lipinski definition) is 8. The maximum absolute atomic E-state index is 11.7. The molecular weight excluding hydrogens is 398 g/mol. The minimum atomic E-state index is -0.613. The normalized spacial score (nSPS) is 18.3. The van der Waals surface area contributed by atoms with Gasteiger partial charge in [-0.25, -0.2) is 9.97 Å². The van der Waals surface area contributed by atoms with Gasteiger partial charge in [0.05, 0.1) is 17.3 Å². The molecule has 4 rings (SSSR count). The molecule has 152 valence electrons. The molecule has 1 aliphatic carbocycles. The number of nitrogens with zero attached hydrogens (tertiary/aromatic N) is 4. The average molecular weight is 418 g/mol. The van der Waals surface area contributed by atoms with Crippen LogP contribution in [0, 0.1) is 0 Å². The summed E-state index contributed by atoms with van der Waals surface area (Å²) in [6.45, 7) is 0. The molecule has 1 aliphatic rings. The Balaban J connectivity index is 1.66. The molecule has 0 unspecified atom stereocenters. The van der Waals surface area contributed by atoms with Crippen molar-refractivity contribution in [3.05, 3.63) is 35.1 Å². The Bertz CT molecular complexity index is 1070. The zero-order chi connectivity index (χ0) is 20.5. The summed E-state index contributed by atoms with van der Waals surface area (Å²) in [6, 6.07) is 3.44. The number of carbonyl (C=O) groups excluding carboxylic acids is 1. The van der Waals surface area contributed by atoms with Gasteiger partial charge in [0.1, 0.15) is 29.0 Å². The molecule has 0 aliphatic heterocycles. The van der Waals surface area contributed by atoms with Crippen molar-refractivity contribution in [2.45, 2.75) is 25.0 Å². The van der Waals surface area contributed by atoms with E-state index in [2.05, 4.69) is 25.7 Å². The molecule has 1 fully saturated rings. The molecule has 3 aromatic rings. The molecule has 0 spiro atoms. The summed E-state index contributed by atoms with van der Waals surface area (Å²) in [4.78, 5) is 20.5. The van der Waals surface area contributed by atoms with Crippen molar-refractivity contribution in [1.82, 2.24) is 19.6 Å². The van der Waals surface area contributed by atoms with Crippen molar-refractivity contribution >= 4 is 40.5 Å². The van der Waals surface area contributed by atoms with E-state index < -0.39 is 5.91 Å². The number of hydrogen-bond donors (Lipinski definition) is 3. The Labute approximate surface area is 171 Å². The van der Waals surface area contributed by atoms with Gasteiger partial charge in [0.2, 0.25) is 5.88 Å². The molecule has 0 aromatic carbocycles. The van der Waals surface area contributed by atoms with E-state index in [1.165, 1.54) is 16.9 Å². The van der Waals surface area contributed by atoms with Crippen LogP contribution in [-0.4, -0.2) is 51.9 Å². The average Bonchev–Trinajstić information content (AvgIpc) is 3.09. The van der Waals surface area contributed by atoms with Crippen LogP contribution in [-0.2, 0) is 4.74 Å². The number of aromatic nitrogens is 4. The second kappa shape index (κ2) is 7.72. The first-order chi connectivity index (χ1) is 14.0. The zero-order valence-electron chi connectivity index (χ0n) is 15.8. The standard InChI is InChI=1S/C18H20ClN7O3/c1-21-15-6-14(25-17-12(16(20)27)8-23-26(15)17)24-13-3-9(19)7-22-18(13)29-11-4-10(5-11)28-2/h3,6-8,10-11,21H,4-5H2,1-2H3,(H2,20,27)(H,24,25)/t10-,11+. The molecule has 1 amide bonds. The first-order valence-electron chi connectivity index (χ1n) is 8.97. The van der Waals surface area contributed by atoms with Gasteiger partial charge in [-0.1, -0.05) is 11.6 Å². The minimum absolute atomic E-state index is 0.0220. The van der Waals surface area contributed by atoms with Crippen LogP contribution in [0.4, 0.5) is 17.3 Å². The summed E-state index contributed by atoms with van der Waals surface area (Å²) in [5.41, 5.74) is 6.52. The van der Waals surface area contributed by atoms with E-state index in [0.717, 1.165) is 12.8 Å². The number of pyridine rings is 1. The van der Waals surface area contributed by atoms with Crippen LogP contribution >= 0.6 is 11.6 Å². The molecule has 0 radical (unpaired) electrons. The summed E-state index contributed by atoms with van der Waals surface area (Å²) in [5, 5.41) is 10.8. The Hall–Kier alpha value is -3.11. The lowest BCUT2D eigenvalue weighted by Gasteiger charge is -2.34. The van der Waals surface area contributed by atoms with Crippen molar-refractivity contribution in [2.24, 2.45) is 5.73 Å². The second-order valence-electron chi connectivity index (χ2n) is 6.63. The number of methoxy groups -OCH3 is 1. The maximum Gasteiger partial charge on any atom is 0.254 e. The van der Waals surface area contributed by atoms with Crippen molar-refractivity contribution in [3.8, 4) is 5.88 Å². The third kappa shape index (κ3) is 3.76. The summed E-state index contributed by atoms with van der Waals surface area (Å²) >= 11 is 6.13. The smallest absolute Gasteiger partial charge is 0.254 e. The predicted octanol–water partition coefficient (Wildman–Crippen LogP) is 2.22. The van der Waals surface area contributed by atoms with Crippen LogP contribution in [0.1, 0.15) is 23.2 Å². The van der Waals surface area contributed by atoms with Gasteiger partial charge in [0.15, 0.2) is 5.65 Å². The monoisotopic (exact) mass is 417 g/mol. The fourth-order valence-electron chi connectivity index (χ4n) is 3.09. The highest BCUT2D eigenvalue weighted by molar-refractivity contribution is 6.30. The Morgan fingerprint density at radius 2 is 2.10 bits per heavy atom. The van der Waals surface area contributed by atoms with E-state index in [9.17, 15) is 4.79 Å². The lowest BCUT2D eigenvalue weighted by molar-refractivity contribution is -0.0393. The number of ether oxygens (including phenoxy) is 2. The van der Waals surface area contributed by atoms with E-state index in [1.807, 2.05) is 0 Å². The lowest BCUT2D eigenvalue weighted by atomic mass is 9.92. The van der Waals surface area contributed by atoms with Crippen LogP contribution < -0.4 is 21.1 Å². The SMILES string of the molecule is CNc1cc(Nc2cc(Cl)cnc2O[C@H]2C[C@@H](OC)C2)nc2c(C(N)=O)cnn12. The largest absolute Gasteiger partial charge is 0.473 e. The fourth-order valence-corrected chi connectivity index (χ4v) is 3.25. The number of anilines is 3. The van der Waals surface area contributed by atoms with Crippen molar-refractivity contribution in [1.29, 1.82) is 0 Å². The van der Waals surface area contributed by atoms with E-state index in [-0.39, 0.29) is 17.8 Å². The zero-order valence-corrected chi connectivity index (χ0v) is 16.6. The molecule has 3 aromatic heterocycles. The topological polar surface area (TPSA) is 129 Å². The minimum Gasteiger partial charge on any atom is -0.473 e. The van der Waals surface area contributed by atoms with E-state index >= 15 is 0 Å². The molecule has 0 atom stereocenters. The molecule has 29 heavy (non-hydrogen) atoms. The highest BCUT2D eigenvalue weighted by atomic mass is 35.5. The number of primary amides is 1. The number of nitrogens with two attached hydrogens (primary N) is 1. The summed E-state index contributed by atoms with van der Waals surface area (Å²) in [7, 11) is 3.43. The molecule has 0 saturated heterocycles. The molecule has 3 heterocycles. The van der Waals surface area contributed by atoms with Crippen LogP contribution in [0.5, 0.6) is 5.88 Å². The lowest BCUT2D eigenvalue weighted by Crippen LogP contribution is -2.39. The van der Waals surface area contributed by atoms with Gasteiger partial charge in [0, 0.05) is 39.3 Å². The number of amides is 1. The van der Waals surface area contributed by atoms with Gasteiger partial charge in [-0.15, -0.1) is 0 Å². The Morgan fingerprint density at radius 3 is 2.79 bits per heavy atom. The van der Waals surface area contributed by atoms with Crippen LogP contribution in [0.2, 0.25) is 5.02 Å². The molecular formula is C18H20ClN7O3. The van der Waals surface area contributed by atoms with Gasteiger partial charge < -0.3 is 25.8 Å². The molecule has 0 bridgehead atoms. The Kier molecular flexibility index (Phi) is 5.12. The number of nitrogens with one attached hydrogen (secondary N) is 2. The highest BCUT2D eigenvalue weighted by Gasteiger charge is 2.31. The maximum atomic E-state index is 11.7. The quantitative estimate of drug-likeness (QED) is 0.533. The first kappa shape index (κ1) is 19.2. The van der Waals surface area contributed by atoms with Gasteiger partial charge in [-0.2, -0.15) is 9.61 Å². The summed E-state index contributed by atoms with van der Waals surface area (Å²) < 4.78 is 12.8. The van der Waals surface area contributed by atoms with Crippen LogP contribution in [0.3, 0.4) is 0 Å².